The zero-order valence-corrected chi connectivity index (χ0v) is 15.0. The molecule has 0 radical (unpaired) electrons. The van der Waals surface area contributed by atoms with E-state index in [-0.39, 0.29) is 0 Å². The average Bonchev–Trinajstić information content (AvgIpc) is 2.57. The topological polar surface area (TPSA) is 18.5 Å². The minimum atomic E-state index is 0.324. The third-order valence-electron chi connectivity index (χ3n) is 7.15. The van der Waals surface area contributed by atoms with Crippen molar-refractivity contribution in [2.75, 3.05) is 34.9 Å². The first-order chi connectivity index (χ1) is 11.0. The number of likely N-dealkylation sites (N-methyl/N-ethyl adjacent to an activating group) is 1. The number of fused-ring (bicyclic) bond motifs is 1. The number of hydrogen-bond acceptors (Lipinski definition) is 2. The SMILES string of the molecule is COc1ccc2c(c1OC)[C@]13CCCC[C@H]1[C@H](C2)[N+](C)(C)CC3. The van der Waals surface area contributed by atoms with Gasteiger partial charge in [0, 0.05) is 29.7 Å². The fourth-order valence-electron chi connectivity index (χ4n) is 6.01. The van der Waals surface area contributed by atoms with Crippen LogP contribution < -0.4 is 9.47 Å². The maximum absolute atomic E-state index is 5.89. The molecule has 23 heavy (non-hydrogen) atoms. The van der Waals surface area contributed by atoms with E-state index in [4.69, 9.17) is 9.47 Å². The van der Waals surface area contributed by atoms with Crippen LogP contribution in [0.15, 0.2) is 12.1 Å². The van der Waals surface area contributed by atoms with Crippen molar-refractivity contribution >= 4 is 0 Å². The lowest BCUT2D eigenvalue weighted by Crippen LogP contribution is -2.66. The van der Waals surface area contributed by atoms with Crippen molar-refractivity contribution in [1.82, 2.24) is 0 Å². The van der Waals surface area contributed by atoms with Gasteiger partial charge in [0.1, 0.15) is 0 Å². The Morgan fingerprint density at radius 1 is 1.09 bits per heavy atom. The molecule has 126 valence electrons. The summed E-state index contributed by atoms with van der Waals surface area (Å²) in [7, 11) is 8.44. The van der Waals surface area contributed by atoms with Crippen LogP contribution in [-0.2, 0) is 11.8 Å². The molecule has 3 nitrogen and oxygen atoms in total. The Bertz CT molecular complexity index is 624. The second-order valence-corrected chi connectivity index (χ2v) is 8.37. The standard InChI is InChI=1S/C20H30NO2/c1-21(2)12-11-20-10-6-5-7-15(20)16(21)13-14-8-9-17(22-3)19(23-4)18(14)20/h8-9,15-16H,5-7,10-13H2,1-4H3/q+1/t15-,16-,20-/m0/s1. The normalized spacial score (nSPS) is 34.3. The van der Waals surface area contributed by atoms with Crippen molar-refractivity contribution in [2.24, 2.45) is 5.92 Å². The first kappa shape index (κ1) is 15.3. The zero-order chi connectivity index (χ0) is 16.2. The van der Waals surface area contributed by atoms with Gasteiger partial charge in [-0.1, -0.05) is 18.9 Å². The van der Waals surface area contributed by atoms with Crippen LogP contribution in [0.2, 0.25) is 0 Å². The molecule has 0 spiro atoms. The molecule has 0 unspecified atom stereocenters. The molecule has 2 bridgehead atoms. The number of benzene rings is 1. The van der Waals surface area contributed by atoms with Crippen molar-refractivity contribution < 1.29 is 14.0 Å². The second kappa shape index (κ2) is 5.14. The highest BCUT2D eigenvalue weighted by atomic mass is 16.5. The van der Waals surface area contributed by atoms with Gasteiger partial charge >= 0.3 is 0 Å². The molecule has 2 fully saturated rings. The molecule has 1 aromatic rings. The molecule has 1 aliphatic heterocycles. The number of quaternary nitrogens is 1. The highest BCUT2D eigenvalue weighted by Crippen LogP contribution is 2.60. The molecule has 0 N–H and O–H groups in total. The van der Waals surface area contributed by atoms with Crippen LogP contribution in [0, 0.1) is 5.92 Å². The molecule has 2 aliphatic carbocycles. The molecule has 1 heterocycles. The molecule has 3 atom stereocenters. The summed E-state index contributed by atoms with van der Waals surface area (Å²) >= 11 is 0. The van der Waals surface area contributed by atoms with Gasteiger partial charge in [0.25, 0.3) is 0 Å². The van der Waals surface area contributed by atoms with Crippen LogP contribution >= 0.6 is 0 Å². The summed E-state index contributed by atoms with van der Waals surface area (Å²) < 4.78 is 12.7. The number of methoxy groups -OCH3 is 2. The molecular formula is C20H30NO2+. The first-order valence-corrected chi connectivity index (χ1v) is 9.10. The Balaban J connectivity index is 1.95. The number of hydrogen-bond donors (Lipinski definition) is 0. The lowest BCUT2D eigenvalue weighted by atomic mass is 9.51. The van der Waals surface area contributed by atoms with E-state index < -0.39 is 0 Å². The fourth-order valence-corrected chi connectivity index (χ4v) is 6.01. The minimum absolute atomic E-state index is 0.324. The quantitative estimate of drug-likeness (QED) is 0.777. The molecule has 3 heteroatoms. The molecule has 4 rings (SSSR count). The monoisotopic (exact) mass is 316 g/mol. The van der Waals surface area contributed by atoms with Crippen molar-refractivity contribution in [3.8, 4) is 11.5 Å². The molecule has 0 aromatic heterocycles. The molecule has 3 aliphatic rings. The average molecular weight is 316 g/mol. The van der Waals surface area contributed by atoms with E-state index >= 15 is 0 Å². The van der Waals surface area contributed by atoms with Gasteiger partial charge in [-0.25, -0.2) is 0 Å². The summed E-state index contributed by atoms with van der Waals surface area (Å²) in [6, 6.07) is 5.17. The van der Waals surface area contributed by atoms with Crippen molar-refractivity contribution in [3.63, 3.8) is 0 Å². The van der Waals surface area contributed by atoms with Crippen molar-refractivity contribution in [3.05, 3.63) is 23.3 Å². The van der Waals surface area contributed by atoms with Gasteiger partial charge in [-0.15, -0.1) is 0 Å². The van der Waals surface area contributed by atoms with E-state index in [1.54, 1.807) is 7.11 Å². The lowest BCUT2D eigenvalue weighted by Gasteiger charge is -2.60. The van der Waals surface area contributed by atoms with Crippen LogP contribution in [0.5, 0.6) is 11.5 Å². The highest BCUT2D eigenvalue weighted by Gasteiger charge is 2.59. The summed E-state index contributed by atoms with van der Waals surface area (Å²) in [5, 5.41) is 0. The van der Waals surface area contributed by atoms with E-state index in [0.717, 1.165) is 23.5 Å². The maximum atomic E-state index is 5.89. The fraction of sp³-hybridized carbons (Fsp3) is 0.700. The summed E-state index contributed by atoms with van der Waals surface area (Å²) in [4.78, 5) is 0. The number of rotatable bonds is 2. The maximum Gasteiger partial charge on any atom is 0.164 e. The Kier molecular flexibility index (Phi) is 3.42. The van der Waals surface area contributed by atoms with Gasteiger partial charge in [0.15, 0.2) is 11.5 Å². The minimum Gasteiger partial charge on any atom is -0.493 e. The number of likely N-dealkylation sites (tertiary alicyclic amines) is 1. The van der Waals surface area contributed by atoms with Gasteiger partial charge in [-0.2, -0.15) is 0 Å². The van der Waals surface area contributed by atoms with Crippen LogP contribution in [0.25, 0.3) is 0 Å². The predicted octanol–water partition coefficient (Wildman–Crippen LogP) is 3.54. The van der Waals surface area contributed by atoms with Crippen LogP contribution in [0.4, 0.5) is 0 Å². The van der Waals surface area contributed by atoms with Crippen LogP contribution in [-0.4, -0.2) is 45.4 Å². The third kappa shape index (κ3) is 1.98. The lowest BCUT2D eigenvalue weighted by molar-refractivity contribution is -0.927. The van der Waals surface area contributed by atoms with E-state index in [9.17, 15) is 0 Å². The smallest absolute Gasteiger partial charge is 0.164 e. The third-order valence-corrected chi connectivity index (χ3v) is 7.15. The van der Waals surface area contributed by atoms with Crippen LogP contribution in [0.1, 0.15) is 43.2 Å². The highest BCUT2D eigenvalue weighted by molar-refractivity contribution is 5.57. The Morgan fingerprint density at radius 2 is 1.91 bits per heavy atom. The molecule has 1 saturated carbocycles. The second-order valence-electron chi connectivity index (χ2n) is 8.37. The molecule has 0 amide bonds. The van der Waals surface area contributed by atoms with E-state index in [2.05, 4.69) is 26.2 Å². The van der Waals surface area contributed by atoms with Gasteiger partial charge in [0.05, 0.1) is 40.9 Å². The van der Waals surface area contributed by atoms with Gasteiger partial charge in [-0.3, -0.25) is 0 Å². The van der Waals surface area contributed by atoms with Crippen LogP contribution in [0.3, 0.4) is 0 Å². The van der Waals surface area contributed by atoms with Gasteiger partial charge in [0.2, 0.25) is 0 Å². The molecule has 1 saturated heterocycles. The Labute approximate surface area is 140 Å². The Hall–Kier alpha value is -1.22. The first-order valence-electron chi connectivity index (χ1n) is 9.10. The zero-order valence-electron chi connectivity index (χ0n) is 15.0. The number of piperidine rings is 1. The predicted molar refractivity (Wildman–Crippen MR) is 92.3 cm³/mol. The molecule has 1 aromatic carbocycles. The Morgan fingerprint density at radius 3 is 2.65 bits per heavy atom. The van der Waals surface area contributed by atoms with Gasteiger partial charge in [-0.05, 0) is 24.5 Å². The summed E-state index contributed by atoms with van der Waals surface area (Å²) in [5.74, 6) is 2.72. The summed E-state index contributed by atoms with van der Waals surface area (Å²) in [5.41, 5.74) is 3.33. The van der Waals surface area contributed by atoms with Crippen molar-refractivity contribution in [2.45, 2.75) is 50.0 Å². The largest absolute Gasteiger partial charge is 0.493 e. The summed E-state index contributed by atoms with van der Waals surface area (Å²) in [6.07, 6.45) is 7.94. The number of nitrogens with zero attached hydrogens (tertiary/aromatic N) is 1. The van der Waals surface area contributed by atoms with E-state index in [1.807, 2.05) is 7.11 Å². The summed E-state index contributed by atoms with van der Waals surface area (Å²) in [6.45, 7) is 1.28. The van der Waals surface area contributed by atoms with E-state index in [0.29, 0.717) is 5.41 Å². The molecular weight excluding hydrogens is 286 g/mol. The van der Waals surface area contributed by atoms with Crippen molar-refractivity contribution in [1.29, 1.82) is 0 Å². The van der Waals surface area contributed by atoms with E-state index in [1.165, 1.54) is 60.7 Å². The van der Waals surface area contributed by atoms with Gasteiger partial charge < -0.3 is 14.0 Å². The number of ether oxygens (including phenoxy) is 2.